The predicted molar refractivity (Wildman–Crippen MR) is 71.2 cm³/mol. The second-order valence-corrected chi connectivity index (χ2v) is 4.24. The minimum absolute atomic E-state index is 0.0929. The van der Waals surface area contributed by atoms with Gasteiger partial charge >= 0.3 is 5.69 Å². The van der Waals surface area contributed by atoms with Gasteiger partial charge in [0.1, 0.15) is 5.56 Å². The lowest BCUT2D eigenvalue weighted by Gasteiger charge is -2.16. The fraction of sp³-hybridized carbons (Fsp3) is 0.500. The third-order valence-corrected chi connectivity index (χ3v) is 3.14. The van der Waals surface area contributed by atoms with Gasteiger partial charge in [0.15, 0.2) is 5.69 Å². The maximum atomic E-state index is 11.6. The summed E-state index contributed by atoms with van der Waals surface area (Å²) in [6.07, 6.45) is 0. The highest BCUT2D eigenvalue weighted by atomic mass is 16.6. The number of rotatable bonds is 5. The first-order valence-electron chi connectivity index (χ1n) is 6.10. The molecule has 1 aromatic rings. The molecule has 3 N–H and O–H groups in total. The molecule has 0 aliphatic heterocycles. The molecule has 7 heteroatoms. The Morgan fingerprint density at radius 2 is 1.89 bits per heavy atom. The zero-order chi connectivity index (χ0) is 14.7. The zero-order valence-corrected chi connectivity index (χ0v) is 11.6. The summed E-state index contributed by atoms with van der Waals surface area (Å²) >= 11 is 0. The number of carbonyl (C=O) groups is 1. The molecule has 19 heavy (non-hydrogen) atoms. The van der Waals surface area contributed by atoms with Crippen molar-refractivity contribution in [2.24, 2.45) is 5.73 Å². The Bertz CT molecular complexity index is 524. The Balaban J connectivity index is 3.66. The van der Waals surface area contributed by atoms with Crippen molar-refractivity contribution in [3.05, 3.63) is 26.9 Å². The number of amides is 1. The molecule has 0 spiro atoms. The number of aromatic amines is 1. The molecule has 1 rings (SSSR count). The second-order valence-electron chi connectivity index (χ2n) is 4.24. The van der Waals surface area contributed by atoms with E-state index in [2.05, 4.69) is 4.98 Å². The molecule has 0 aromatic carbocycles. The van der Waals surface area contributed by atoms with E-state index in [0.29, 0.717) is 30.2 Å². The first-order chi connectivity index (χ1) is 8.84. The Labute approximate surface area is 111 Å². The van der Waals surface area contributed by atoms with E-state index in [-0.39, 0.29) is 11.3 Å². The summed E-state index contributed by atoms with van der Waals surface area (Å²) in [5.41, 5.74) is 6.18. The van der Waals surface area contributed by atoms with Crippen LogP contribution in [-0.4, -0.2) is 23.9 Å². The first-order valence-corrected chi connectivity index (χ1v) is 6.10. The van der Waals surface area contributed by atoms with Crippen LogP contribution in [0, 0.1) is 24.0 Å². The molecule has 0 radical (unpaired) electrons. The van der Waals surface area contributed by atoms with Crippen molar-refractivity contribution in [3.8, 4) is 0 Å². The van der Waals surface area contributed by atoms with E-state index in [1.165, 1.54) is 0 Å². The number of nitrogens with zero attached hydrogens (tertiary/aromatic N) is 2. The third-order valence-electron chi connectivity index (χ3n) is 3.14. The molecule has 1 aromatic heterocycles. The van der Waals surface area contributed by atoms with Crippen molar-refractivity contribution in [2.45, 2.75) is 27.7 Å². The summed E-state index contributed by atoms with van der Waals surface area (Å²) in [4.78, 5) is 27.0. The second kappa shape index (κ2) is 5.64. The molecule has 1 amide bonds. The summed E-state index contributed by atoms with van der Waals surface area (Å²) in [6, 6.07) is 0. The van der Waals surface area contributed by atoms with Gasteiger partial charge < -0.3 is 5.73 Å². The maximum Gasteiger partial charge on any atom is 0.314 e. The van der Waals surface area contributed by atoms with Crippen LogP contribution in [0.15, 0.2) is 0 Å². The fourth-order valence-electron chi connectivity index (χ4n) is 2.23. The minimum Gasteiger partial charge on any atom is -0.365 e. The highest BCUT2D eigenvalue weighted by Gasteiger charge is 2.31. The van der Waals surface area contributed by atoms with E-state index < -0.39 is 10.8 Å². The van der Waals surface area contributed by atoms with Crippen molar-refractivity contribution >= 4 is 17.4 Å². The van der Waals surface area contributed by atoms with Crippen LogP contribution in [0.4, 0.5) is 11.5 Å². The van der Waals surface area contributed by atoms with Gasteiger partial charge in [-0.1, -0.05) is 0 Å². The van der Waals surface area contributed by atoms with Crippen molar-refractivity contribution in [3.63, 3.8) is 0 Å². The van der Waals surface area contributed by atoms with Gasteiger partial charge in [-0.2, -0.15) is 0 Å². The van der Waals surface area contributed by atoms with E-state index in [0.717, 1.165) is 0 Å². The molecular formula is C12H19N4O3+. The van der Waals surface area contributed by atoms with Gasteiger partial charge in [-0.25, -0.2) is 4.98 Å². The van der Waals surface area contributed by atoms with Crippen LogP contribution in [0.1, 0.15) is 35.5 Å². The Kier molecular flexibility index (Phi) is 4.42. The average molecular weight is 267 g/mol. The quantitative estimate of drug-likeness (QED) is 0.634. The molecule has 0 unspecified atom stereocenters. The predicted octanol–water partition coefficient (Wildman–Crippen LogP) is 0.971. The van der Waals surface area contributed by atoms with E-state index in [1.54, 1.807) is 13.8 Å². The molecule has 0 saturated carbocycles. The fourth-order valence-corrected chi connectivity index (χ4v) is 2.23. The van der Waals surface area contributed by atoms with E-state index in [1.807, 2.05) is 18.7 Å². The number of hydrogen-bond donors (Lipinski definition) is 1. The van der Waals surface area contributed by atoms with E-state index >= 15 is 0 Å². The number of aromatic nitrogens is 1. The maximum absolute atomic E-state index is 11.6. The number of primary amides is 1. The van der Waals surface area contributed by atoms with Gasteiger partial charge in [0.05, 0.1) is 23.6 Å². The van der Waals surface area contributed by atoms with Crippen LogP contribution in [0.5, 0.6) is 0 Å². The number of carbonyl (C=O) groups excluding carboxylic acids is 1. The van der Waals surface area contributed by atoms with Crippen molar-refractivity contribution < 1.29 is 14.7 Å². The van der Waals surface area contributed by atoms with Gasteiger partial charge in [0, 0.05) is 6.92 Å². The van der Waals surface area contributed by atoms with Gasteiger partial charge in [0.2, 0.25) is 0 Å². The number of aryl methyl sites for hydroxylation is 1. The molecule has 1 heterocycles. The van der Waals surface area contributed by atoms with Crippen LogP contribution < -0.4 is 15.6 Å². The van der Waals surface area contributed by atoms with Gasteiger partial charge in [-0.15, -0.1) is 0 Å². The van der Waals surface area contributed by atoms with Crippen LogP contribution >= 0.6 is 0 Å². The summed E-state index contributed by atoms with van der Waals surface area (Å²) in [7, 11) is 0. The summed E-state index contributed by atoms with van der Waals surface area (Å²) < 4.78 is 0. The summed E-state index contributed by atoms with van der Waals surface area (Å²) in [5, 5.41) is 11.1. The SMILES string of the molecule is CCN(CC)c1[nH+]c(C)c([N+](=O)[O-])c(C)c1C(N)=O. The lowest BCUT2D eigenvalue weighted by atomic mass is 10.1. The molecule has 0 fully saturated rings. The number of H-pyrrole nitrogens is 1. The first kappa shape index (κ1) is 14.9. The Morgan fingerprint density at radius 3 is 2.26 bits per heavy atom. The molecule has 104 valence electrons. The van der Waals surface area contributed by atoms with E-state index in [9.17, 15) is 14.9 Å². The van der Waals surface area contributed by atoms with Crippen LogP contribution in [0.2, 0.25) is 0 Å². The van der Waals surface area contributed by atoms with Crippen LogP contribution in [0.3, 0.4) is 0 Å². The Hall–Kier alpha value is -2.18. The monoisotopic (exact) mass is 267 g/mol. The van der Waals surface area contributed by atoms with Crippen molar-refractivity contribution in [1.29, 1.82) is 0 Å². The zero-order valence-electron chi connectivity index (χ0n) is 11.6. The minimum atomic E-state index is -0.668. The molecule has 0 aliphatic rings. The van der Waals surface area contributed by atoms with Crippen LogP contribution in [0.25, 0.3) is 0 Å². The lowest BCUT2D eigenvalue weighted by molar-refractivity contribution is -0.420. The van der Waals surface area contributed by atoms with E-state index in [4.69, 9.17) is 5.73 Å². The number of hydrogen-bond acceptors (Lipinski definition) is 4. The highest BCUT2D eigenvalue weighted by molar-refractivity contribution is 5.99. The van der Waals surface area contributed by atoms with Crippen molar-refractivity contribution in [1.82, 2.24) is 0 Å². The number of anilines is 1. The van der Waals surface area contributed by atoms with Crippen LogP contribution in [-0.2, 0) is 0 Å². The molecule has 0 atom stereocenters. The van der Waals surface area contributed by atoms with Gasteiger partial charge in [0.25, 0.3) is 11.7 Å². The number of nitrogens with two attached hydrogens (primary N) is 1. The third kappa shape index (κ3) is 2.64. The smallest absolute Gasteiger partial charge is 0.314 e. The lowest BCUT2D eigenvalue weighted by Crippen LogP contribution is -2.34. The number of nitro groups is 1. The summed E-state index contributed by atoms with van der Waals surface area (Å²) in [6.45, 7) is 8.38. The summed E-state index contributed by atoms with van der Waals surface area (Å²) in [5.74, 6) is -0.128. The number of nitrogens with one attached hydrogen (secondary N) is 1. The van der Waals surface area contributed by atoms with Gasteiger partial charge in [-0.05, 0) is 20.8 Å². The number of pyridine rings is 1. The molecule has 0 aliphatic carbocycles. The average Bonchev–Trinajstić information content (AvgIpc) is 2.28. The van der Waals surface area contributed by atoms with Crippen molar-refractivity contribution in [2.75, 3.05) is 18.0 Å². The standard InChI is InChI=1S/C12H18N4O3/c1-5-15(6-2)12-9(11(13)17)7(3)10(16(18)19)8(4)14-12/h5-6H2,1-4H3,(H2,13,17)/p+1. The normalized spacial score (nSPS) is 10.3. The largest absolute Gasteiger partial charge is 0.365 e. The molecule has 0 bridgehead atoms. The molecule has 7 nitrogen and oxygen atoms in total. The van der Waals surface area contributed by atoms with Gasteiger partial charge in [-0.3, -0.25) is 19.8 Å². The molecular weight excluding hydrogens is 248 g/mol. The molecule has 0 saturated heterocycles. The Morgan fingerprint density at radius 1 is 1.37 bits per heavy atom. The highest BCUT2D eigenvalue weighted by Crippen LogP contribution is 2.28. The topological polar surface area (TPSA) is 104 Å².